The average Bonchev–Trinajstić information content (AvgIpc) is 2.94. The number of hydrogen-bond donors (Lipinski definition) is 1. The zero-order chi connectivity index (χ0) is 16.4. The van der Waals surface area contributed by atoms with E-state index < -0.39 is 17.6 Å². The highest BCUT2D eigenvalue weighted by Gasteiger charge is 2.57. The predicted molar refractivity (Wildman–Crippen MR) is 75.9 cm³/mol. The largest absolute Gasteiger partial charge is 0.436 e. The maximum absolute atomic E-state index is 13.4. The van der Waals surface area contributed by atoms with Crippen LogP contribution >= 0.6 is 0 Å². The van der Waals surface area contributed by atoms with Crippen LogP contribution < -0.4 is 0 Å². The third kappa shape index (κ3) is 3.00. The second-order valence-electron chi connectivity index (χ2n) is 5.08. The molecule has 6 heteroatoms. The Morgan fingerprint density at radius 1 is 1.18 bits per heavy atom. The molecule has 0 aliphatic heterocycles. The fourth-order valence-electron chi connectivity index (χ4n) is 1.95. The minimum absolute atomic E-state index is 0.287. The lowest BCUT2D eigenvalue weighted by molar-refractivity contribution is -0.244. The number of aliphatic hydroxyl groups is 1. The third-order valence-electron chi connectivity index (χ3n) is 3.12. The van der Waals surface area contributed by atoms with E-state index >= 15 is 0 Å². The van der Waals surface area contributed by atoms with Crippen molar-refractivity contribution in [1.29, 1.82) is 0 Å². The number of aromatic nitrogens is 2. The lowest BCUT2D eigenvalue weighted by Crippen LogP contribution is -2.43. The summed E-state index contributed by atoms with van der Waals surface area (Å²) in [7, 11) is 0. The molecule has 1 aromatic heterocycles. The molecular formula is C16H15F3N2O. The highest BCUT2D eigenvalue weighted by Crippen LogP contribution is 2.38. The second-order valence-corrected chi connectivity index (χ2v) is 5.08. The van der Waals surface area contributed by atoms with E-state index in [4.69, 9.17) is 0 Å². The van der Waals surface area contributed by atoms with Gasteiger partial charge in [0.25, 0.3) is 5.60 Å². The highest BCUT2D eigenvalue weighted by molar-refractivity contribution is 5.38. The summed E-state index contributed by atoms with van der Waals surface area (Å²) in [5, 5.41) is 10.2. The van der Waals surface area contributed by atoms with Gasteiger partial charge in [-0.3, -0.25) is 0 Å². The topological polar surface area (TPSA) is 38.0 Å². The molecule has 1 unspecified atom stereocenters. The Hall–Kier alpha value is -2.26. The zero-order valence-corrected chi connectivity index (χ0v) is 12.1. The number of hydrogen-bond acceptors (Lipinski definition) is 2. The Morgan fingerprint density at radius 3 is 2.36 bits per heavy atom. The van der Waals surface area contributed by atoms with Gasteiger partial charge in [0.2, 0.25) is 0 Å². The second kappa shape index (κ2) is 5.85. The van der Waals surface area contributed by atoms with Gasteiger partial charge in [-0.15, -0.1) is 0 Å². The van der Waals surface area contributed by atoms with Crippen LogP contribution in [0.2, 0.25) is 0 Å². The Bertz CT molecular complexity index is 695. The fourth-order valence-corrected chi connectivity index (χ4v) is 1.95. The molecule has 0 amide bonds. The molecule has 0 bridgehead atoms. The first-order valence-electron chi connectivity index (χ1n) is 6.66. The van der Waals surface area contributed by atoms with Gasteiger partial charge in [-0.05, 0) is 31.9 Å². The van der Waals surface area contributed by atoms with Gasteiger partial charge in [-0.25, -0.2) is 4.98 Å². The van der Waals surface area contributed by atoms with Crippen LogP contribution in [-0.2, 0) is 5.60 Å². The summed E-state index contributed by atoms with van der Waals surface area (Å²) >= 11 is 0. The molecule has 116 valence electrons. The van der Waals surface area contributed by atoms with Crippen molar-refractivity contribution < 1.29 is 18.3 Å². The van der Waals surface area contributed by atoms with Gasteiger partial charge in [0.05, 0.1) is 0 Å². The molecule has 3 nitrogen and oxygen atoms in total. The molecule has 22 heavy (non-hydrogen) atoms. The summed E-state index contributed by atoms with van der Waals surface area (Å²) in [5.41, 5.74) is -2.94. The maximum Gasteiger partial charge on any atom is 0.436 e. The van der Waals surface area contributed by atoms with E-state index in [1.54, 1.807) is 44.2 Å². The minimum atomic E-state index is -4.97. The van der Waals surface area contributed by atoms with Gasteiger partial charge in [0.1, 0.15) is 0 Å². The third-order valence-corrected chi connectivity index (χ3v) is 3.12. The molecule has 1 aromatic carbocycles. The summed E-state index contributed by atoms with van der Waals surface area (Å²) in [4.78, 5) is 3.68. The lowest BCUT2D eigenvalue weighted by Gasteiger charge is -2.26. The van der Waals surface area contributed by atoms with Crippen molar-refractivity contribution in [2.24, 2.45) is 0 Å². The van der Waals surface area contributed by atoms with Crippen LogP contribution in [0.4, 0.5) is 13.2 Å². The van der Waals surface area contributed by atoms with Crippen LogP contribution in [0.15, 0.2) is 42.7 Å². The SMILES string of the molecule is CC(C)n1ccnc1C(O)(C#Cc1ccccc1)C(F)(F)F. The van der Waals surface area contributed by atoms with Crippen LogP contribution in [0, 0.1) is 11.8 Å². The van der Waals surface area contributed by atoms with E-state index in [1.165, 1.54) is 17.0 Å². The summed E-state index contributed by atoms with van der Waals surface area (Å²) in [6.07, 6.45) is -2.36. The highest BCUT2D eigenvalue weighted by atomic mass is 19.4. The molecule has 0 radical (unpaired) electrons. The molecule has 1 N–H and O–H groups in total. The van der Waals surface area contributed by atoms with Crippen molar-refractivity contribution in [1.82, 2.24) is 9.55 Å². The monoisotopic (exact) mass is 308 g/mol. The van der Waals surface area contributed by atoms with Crippen LogP contribution in [-0.4, -0.2) is 20.8 Å². The van der Waals surface area contributed by atoms with E-state index in [0.29, 0.717) is 5.56 Å². The van der Waals surface area contributed by atoms with Gasteiger partial charge in [-0.2, -0.15) is 13.2 Å². The Balaban J connectivity index is 2.55. The molecule has 0 saturated carbocycles. The number of imidazole rings is 1. The number of benzene rings is 1. The predicted octanol–water partition coefficient (Wildman–Crippen LogP) is 3.27. The molecule has 0 aliphatic carbocycles. The van der Waals surface area contributed by atoms with Crippen LogP contribution in [0.1, 0.15) is 31.3 Å². The van der Waals surface area contributed by atoms with Crippen molar-refractivity contribution in [2.75, 3.05) is 0 Å². The van der Waals surface area contributed by atoms with Gasteiger partial charge >= 0.3 is 6.18 Å². The van der Waals surface area contributed by atoms with Crippen LogP contribution in [0.5, 0.6) is 0 Å². The van der Waals surface area contributed by atoms with E-state index in [-0.39, 0.29) is 6.04 Å². The normalized spacial score (nSPS) is 14.3. The number of halogens is 3. The first-order chi connectivity index (χ1) is 10.3. The van der Waals surface area contributed by atoms with Gasteiger partial charge < -0.3 is 9.67 Å². The summed E-state index contributed by atoms with van der Waals surface area (Å²) < 4.78 is 41.5. The molecule has 0 spiro atoms. The lowest BCUT2D eigenvalue weighted by atomic mass is 10.0. The first-order valence-corrected chi connectivity index (χ1v) is 6.66. The molecular weight excluding hydrogens is 293 g/mol. The Labute approximate surface area is 126 Å². The average molecular weight is 308 g/mol. The summed E-state index contributed by atoms with van der Waals surface area (Å²) in [5.74, 6) is 3.79. The number of rotatable bonds is 2. The quantitative estimate of drug-likeness (QED) is 0.865. The maximum atomic E-state index is 13.4. The number of alkyl halides is 3. The minimum Gasteiger partial charge on any atom is -0.364 e. The molecule has 1 atom stereocenters. The van der Waals surface area contributed by atoms with Crippen molar-refractivity contribution >= 4 is 0 Å². The fraction of sp³-hybridized carbons (Fsp3) is 0.312. The van der Waals surface area contributed by atoms with Gasteiger partial charge in [0.15, 0.2) is 5.82 Å². The van der Waals surface area contributed by atoms with Gasteiger partial charge in [-0.1, -0.05) is 24.1 Å². The number of nitrogens with zero attached hydrogens (tertiary/aromatic N) is 2. The van der Waals surface area contributed by atoms with Crippen molar-refractivity contribution in [3.05, 3.63) is 54.1 Å². The summed E-state index contributed by atoms with van der Waals surface area (Å²) in [6.45, 7) is 3.40. The molecule has 0 fully saturated rings. The summed E-state index contributed by atoms with van der Waals surface area (Å²) in [6, 6.07) is 7.89. The molecule has 0 aliphatic rings. The zero-order valence-electron chi connectivity index (χ0n) is 12.1. The van der Waals surface area contributed by atoms with Crippen LogP contribution in [0.3, 0.4) is 0 Å². The standard InChI is InChI=1S/C16H15F3N2O/c1-12(2)21-11-10-20-14(21)15(22,16(17,18)19)9-8-13-6-4-3-5-7-13/h3-7,10-12,22H,1-2H3. The van der Waals surface area contributed by atoms with E-state index in [1.807, 2.05) is 5.92 Å². The van der Waals surface area contributed by atoms with E-state index in [2.05, 4.69) is 10.9 Å². The molecule has 1 heterocycles. The Kier molecular flexibility index (Phi) is 4.29. The Morgan fingerprint density at radius 2 is 1.82 bits per heavy atom. The van der Waals surface area contributed by atoms with Crippen molar-refractivity contribution in [3.63, 3.8) is 0 Å². The van der Waals surface area contributed by atoms with Gasteiger partial charge in [0, 0.05) is 24.0 Å². The van der Waals surface area contributed by atoms with E-state index in [9.17, 15) is 18.3 Å². The molecule has 0 saturated heterocycles. The van der Waals surface area contributed by atoms with Crippen molar-refractivity contribution in [3.8, 4) is 11.8 Å². The molecule has 2 aromatic rings. The first kappa shape index (κ1) is 16.1. The smallest absolute Gasteiger partial charge is 0.364 e. The van der Waals surface area contributed by atoms with Crippen molar-refractivity contribution in [2.45, 2.75) is 31.7 Å². The van der Waals surface area contributed by atoms with Crippen LogP contribution in [0.25, 0.3) is 0 Å². The molecule has 2 rings (SSSR count). The van der Waals surface area contributed by atoms with E-state index in [0.717, 1.165) is 0 Å².